The van der Waals surface area contributed by atoms with Crippen molar-refractivity contribution in [1.29, 1.82) is 0 Å². The monoisotopic (exact) mass is 373 g/mol. The van der Waals surface area contributed by atoms with Gasteiger partial charge in [0.2, 0.25) is 11.8 Å². The van der Waals surface area contributed by atoms with Gasteiger partial charge in [-0.05, 0) is 30.2 Å². The van der Waals surface area contributed by atoms with E-state index in [0.717, 1.165) is 44.0 Å². The zero-order valence-electron chi connectivity index (χ0n) is 14.6. The van der Waals surface area contributed by atoms with Crippen molar-refractivity contribution in [2.75, 3.05) is 36.1 Å². The molecule has 1 aliphatic carbocycles. The fourth-order valence-electron chi connectivity index (χ4n) is 3.72. The molecular formula is C17H20FN7O2. The predicted octanol–water partition coefficient (Wildman–Crippen LogP) is 0.853. The number of anilines is 2. The van der Waals surface area contributed by atoms with Crippen LogP contribution in [-0.2, 0) is 0 Å². The van der Waals surface area contributed by atoms with Gasteiger partial charge in [0.15, 0.2) is 0 Å². The van der Waals surface area contributed by atoms with Crippen molar-refractivity contribution in [3.8, 4) is 0 Å². The first kappa shape index (κ1) is 16.5. The highest BCUT2D eigenvalue weighted by molar-refractivity contribution is 5.86. The van der Waals surface area contributed by atoms with E-state index in [1.807, 2.05) is 9.47 Å². The first-order chi connectivity index (χ1) is 13.1. The molecule has 2 aromatic rings. The SMILES string of the molecule is O=c1c(N2N=NNC2O)cn(C2CC2)c2cc(N3CCNCC3)c(F)cc12. The van der Waals surface area contributed by atoms with E-state index in [-0.39, 0.29) is 22.5 Å². The number of pyridine rings is 1. The number of aliphatic hydroxyl groups excluding tert-OH is 1. The Hall–Kier alpha value is -2.72. The van der Waals surface area contributed by atoms with Crippen LogP contribution in [0.5, 0.6) is 0 Å². The topological polar surface area (TPSA) is 97.5 Å². The molecule has 1 saturated heterocycles. The van der Waals surface area contributed by atoms with Crippen molar-refractivity contribution in [3.05, 3.63) is 34.4 Å². The molecule has 0 amide bonds. The average molecular weight is 373 g/mol. The van der Waals surface area contributed by atoms with Crippen molar-refractivity contribution in [2.45, 2.75) is 25.2 Å². The van der Waals surface area contributed by atoms with Crippen LogP contribution in [0.4, 0.5) is 15.8 Å². The van der Waals surface area contributed by atoms with Crippen LogP contribution in [0.25, 0.3) is 10.9 Å². The van der Waals surface area contributed by atoms with E-state index in [1.165, 1.54) is 6.07 Å². The molecule has 9 nitrogen and oxygen atoms in total. The van der Waals surface area contributed by atoms with E-state index in [2.05, 4.69) is 21.2 Å². The summed E-state index contributed by atoms with van der Waals surface area (Å²) in [6.45, 7) is 3.05. The number of aliphatic hydroxyl groups is 1. The summed E-state index contributed by atoms with van der Waals surface area (Å²) < 4.78 is 16.9. The van der Waals surface area contributed by atoms with Gasteiger partial charge in [-0.15, -0.1) is 0 Å². The van der Waals surface area contributed by atoms with Gasteiger partial charge < -0.3 is 19.9 Å². The van der Waals surface area contributed by atoms with Crippen molar-refractivity contribution in [3.63, 3.8) is 0 Å². The summed E-state index contributed by atoms with van der Waals surface area (Å²) in [6.07, 6.45) is 2.48. The largest absolute Gasteiger partial charge is 0.367 e. The highest BCUT2D eigenvalue weighted by Crippen LogP contribution is 2.39. The Labute approximate surface area is 154 Å². The maximum Gasteiger partial charge on any atom is 0.243 e. The average Bonchev–Trinajstić information content (AvgIpc) is 3.44. The van der Waals surface area contributed by atoms with E-state index < -0.39 is 12.2 Å². The summed E-state index contributed by atoms with van der Waals surface area (Å²) in [5.41, 5.74) is 3.40. The van der Waals surface area contributed by atoms with Crippen LogP contribution in [0.15, 0.2) is 33.6 Å². The van der Waals surface area contributed by atoms with Crippen molar-refractivity contribution >= 4 is 22.3 Å². The fourth-order valence-corrected chi connectivity index (χ4v) is 3.72. The molecule has 1 aromatic heterocycles. The minimum Gasteiger partial charge on any atom is -0.367 e. The van der Waals surface area contributed by atoms with E-state index in [0.29, 0.717) is 11.2 Å². The molecule has 3 heterocycles. The van der Waals surface area contributed by atoms with Crippen LogP contribution < -0.4 is 26.1 Å². The third kappa shape index (κ3) is 2.72. The Bertz CT molecular complexity index is 981. The lowest BCUT2D eigenvalue weighted by Gasteiger charge is -2.30. The number of rotatable bonds is 3. The maximum absolute atomic E-state index is 14.9. The van der Waals surface area contributed by atoms with E-state index >= 15 is 0 Å². The summed E-state index contributed by atoms with van der Waals surface area (Å²) in [6, 6.07) is 3.35. The minimum atomic E-state index is -1.22. The molecule has 1 unspecified atom stereocenters. The van der Waals surface area contributed by atoms with Crippen molar-refractivity contribution < 1.29 is 9.50 Å². The van der Waals surface area contributed by atoms with Gasteiger partial charge in [0.05, 0.1) is 16.6 Å². The third-order valence-corrected chi connectivity index (χ3v) is 5.27. The molecule has 0 bridgehead atoms. The Morgan fingerprint density at radius 3 is 2.63 bits per heavy atom. The standard InChI is InChI=1S/C17H20FN7O2/c18-12-7-11-13(8-14(12)23-5-3-19-4-6-23)24(10-1-2-10)9-15(16(11)26)25-17(27)20-21-22-25/h7-10,17,19,27H,1-6H2,(H,20,22). The Morgan fingerprint density at radius 1 is 1.19 bits per heavy atom. The van der Waals surface area contributed by atoms with E-state index in [4.69, 9.17) is 0 Å². The van der Waals surface area contributed by atoms with Gasteiger partial charge in [-0.2, -0.15) is 5.01 Å². The second-order valence-electron chi connectivity index (χ2n) is 7.08. The molecule has 1 saturated carbocycles. The Morgan fingerprint density at radius 2 is 1.96 bits per heavy atom. The lowest BCUT2D eigenvalue weighted by atomic mass is 10.1. The molecule has 1 atom stereocenters. The molecule has 3 N–H and O–H groups in total. The van der Waals surface area contributed by atoms with Gasteiger partial charge in [0.1, 0.15) is 11.5 Å². The van der Waals surface area contributed by atoms with Crippen LogP contribution in [0.2, 0.25) is 0 Å². The van der Waals surface area contributed by atoms with Gasteiger partial charge in [-0.25, -0.2) is 9.82 Å². The van der Waals surface area contributed by atoms with Crippen LogP contribution in [0.3, 0.4) is 0 Å². The number of benzene rings is 1. The zero-order valence-corrected chi connectivity index (χ0v) is 14.6. The highest BCUT2D eigenvalue weighted by Gasteiger charge is 2.30. The number of aromatic nitrogens is 1. The zero-order chi connectivity index (χ0) is 18.5. The van der Waals surface area contributed by atoms with E-state index in [9.17, 15) is 14.3 Å². The second kappa shape index (κ2) is 6.17. The summed E-state index contributed by atoms with van der Waals surface area (Å²) in [5.74, 6) is -0.414. The summed E-state index contributed by atoms with van der Waals surface area (Å²) in [4.78, 5) is 15.0. The first-order valence-corrected chi connectivity index (χ1v) is 9.11. The summed E-state index contributed by atoms with van der Waals surface area (Å²) in [7, 11) is 0. The van der Waals surface area contributed by atoms with Gasteiger partial charge in [0, 0.05) is 38.4 Å². The molecule has 2 aliphatic heterocycles. The predicted molar refractivity (Wildman–Crippen MR) is 98.0 cm³/mol. The number of halogens is 1. The van der Waals surface area contributed by atoms with Gasteiger partial charge in [-0.3, -0.25) is 4.79 Å². The minimum absolute atomic E-state index is 0.171. The van der Waals surface area contributed by atoms with Crippen molar-refractivity contribution in [2.24, 2.45) is 10.4 Å². The molecule has 3 aliphatic rings. The third-order valence-electron chi connectivity index (χ3n) is 5.27. The molecule has 2 fully saturated rings. The second-order valence-corrected chi connectivity index (χ2v) is 7.08. The van der Waals surface area contributed by atoms with Crippen LogP contribution in [-0.4, -0.2) is 42.2 Å². The number of nitrogens with one attached hydrogen (secondary N) is 2. The van der Waals surface area contributed by atoms with Gasteiger partial charge in [-0.1, -0.05) is 5.22 Å². The molecule has 27 heavy (non-hydrogen) atoms. The summed E-state index contributed by atoms with van der Waals surface area (Å²) >= 11 is 0. The number of fused-ring (bicyclic) bond motifs is 1. The van der Waals surface area contributed by atoms with Crippen LogP contribution in [0, 0.1) is 5.82 Å². The van der Waals surface area contributed by atoms with Crippen molar-refractivity contribution in [1.82, 2.24) is 15.3 Å². The molecule has 5 rings (SSSR count). The number of hydrogen-bond donors (Lipinski definition) is 3. The number of nitrogens with zero attached hydrogens (tertiary/aromatic N) is 5. The molecule has 0 radical (unpaired) electrons. The lowest BCUT2D eigenvalue weighted by Crippen LogP contribution is -2.44. The smallest absolute Gasteiger partial charge is 0.243 e. The molecular weight excluding hydrogens is 353 g/mol. The molecule has 10 heteroatoms. The highest BCUT2D eigenvalue weighted by atomic mass is 19.1. The van der Waals surface area contributed by atoms with E-state index in [1.54, 1.807) is 12.3 Å². The quantitative estimate of drug-likeness (QED) is 0.738. The number of hydrogen-bond acceptors (Lipinski definition) is 8. The lowest BCUT2D eigenvalue weighted by molar-refractivity contribution is 0.154. The first-order valence-electron chi connectivity index (χ1n) is 9.11. The molecule has 142 valence electrons. The maximum atomic E-state index is 14.9. The normalized spacial score (nSPS) is 22.5. The number of piperazine rings is 1. The Balaban J connectivity index is 1.70. The Kier molecular flexibility index (Phi) is 3.76. The van der Waals surface area contributed by atoms with Crippen LogP contribution >= 0.6 is 0 Å². The van der Waals surface area contributed by atoms with Gasteiger partial charge in [0.25, 0.3) is 0 Å². The summed E-state index contributed by atoms with van der Waals surface area (Å²) in [5, 5.41) is 21.9. The molecule has 1 aromatic carbocycles. The fraction of sp³-hybridized carbons (Fsp3) is 0.471. The van der Waals surface area contributed by atoms with Gasteiger partial charge >= 0.3 is 0 Å². The van der Waals surface area contributed by atoms with Crippen LogP contribution in [0.1, 0.15) is 18.9 Å². The molecule has 0 spiro atoms.